The quantitative estimate of drug-likeness (QED) is 0.627. The SMILES string of the molecule is Cc1ccc(S(=O)(=O)Nc2cc(C)ccc2/C=C/c2ccccc2)cc1. The molecule has 0 spiro atoms. The van der Waals surface area contributed by atoms with Crippen LogP contribution in [0.2, 0.25) is 0 Å². The molecule has 26 heavy (non-hydrogen) atoms. The highest BCUT2D eigenvalue weighted by atomic mass is 32.2. The number of rotatable bonds is 5. The van der Waals surface area contributed by atoms with Crippen LogP contribution >= 0.6 is 0 Å². The lowest BCUT2D eigenvalue weighted by Crippen LogP contribution is -2.13. The van der Waals surface area contributed by atoms with Gasteiger partial charge in [0.25, 0.3) is 10.0 Å². The minimum Gasteiger partial charge on any atom is -0.279 e. The summed E-state index contributed by atoms with van der Waals surface area (Å²) in [4.78, 5) is 0.252. The van der Waals surface area contributed by atoms with Gasteiger partial charge < -0.3 is 0 Å². The molecule has 0 saturated heterocycles. The molecule has 0 heterocycles. The van der Waals surface area contributed by atoms with Gasteiger partial charge in [0.2, 0.25) is 0 Å². The van der Waals surface area contributed by atoms with Gasteiger partial charge in [0, 0.05) is 0 Å². The van der Waals surface area contributed by atoms with E-state index in [-0.39, 0.29) is 4.90 Å². The molecular formula is C22H21NO2S. The molecule has 0 aliphatic carbocycles. The lowest BCUT2D eigenvalue weighted by atomic mass is 10.1. The highest BCUT2D eigenvalue weighted by Gasteiger charge is 2.15. The summed E-state index contributed by atoms with van der Waals surface area (Å²) >= 11 is 0. The van der Waals surface area contributed by atoms with Crippen molar-refractivity contribution in [3.8, 4) is 0 Å². The maximum atomic E-state index is 12.7. The van der Waals surface area contributed by atoms with E-state index in [1.54, 1.807) is 24.3 Å². The Morgan fingerprint density at radius 2 is 1.42 bits per heavy atom. The fourth-order valence-corrected chi connectivity index (χ4v) is 3.65. The molecule has 0 aliphatic rings. The third-order valence-corrected chi connectivity index (χ3v) is 5.42. The number of sulfonamides is 1. The van der Waals surface area contributed by atoms with Crippen LogP contribution in [0.15, 0.2) is 77.7 Å². The monoisotopic (exact) mass is 363 g/mol. The van der Waals surface area contributed by atoms with Gasteiger partial charge in [0.1, 0.15) is 0 Å². The van der Waals surface area contributed by atoms with Crippen molar-refractivity contribution in [1.29, 1.82) is 0 Å². The summed E-state index contributed by atoms with van der Waals surface area (Å²) in [5, 5.41) is 0. The van der Waals surface area contributed by atoms with Crippen molar-refractivity contribution in [2.24, 2.45) is 0 Å². The van der Waals surface area contributed by atoms with E-state index in [0.717, 1.165) is 22.3 Å². The van der Waals surface area contributed by atoms with Gasteiger partial charge in [0.05, 0.1) is 10.6 Å². The second-order valence-electron chi connectivity index (χ2n) is 6.25. The summed E-state index contributed by atoms with van der Waals surface area (Å²) in [7, 11) is -3.64. The van der Waals surface area contributed by atoms with Crippen LogP contribution in [0.3, 0.4) is 0 Å². The second kappa shape index (κ2) is 7.58. The van der Waals surface area contributed by atoms with Crippen LogP contribution in [0.25, 0.3) is 12.2 Å². The summed E-state index contributed by atoms with van der Waals surface area (Å²) < 4.78 is 28.2. The highest BCUT2D eigenvalue weighted by Crippen LogP contribution is 2.24. The normalized spacial score (nSPS) is 11.6. The van der Waals surface area contributed by atoms with Crippen molar-refractivity contribution in [3.63, 3.8) is 0 Å². The van der Waals surface area contributed by atoms with E-state index >= 15 is 0 Å². The molecule has 0 saturated carbocycles. The van der Waals surface area contributed by atoms with Gasteiger partial charge in [-0.3, -0.25) is 4.72 Å². The Morgan fingerprint density at radius 1 is 0.769 bits per heavy atom. The second-order valence-corrected chi connectivity index (χ2v) is 7.94. The van der Waals surface area contributed by atoms with Gasteiger partial charge >= 0.3 is 0 Å². The van der Waals surface area contributed by atoms with Crippen molar-refractivity contribution in [3.05, 3.63) is 95.1 Å². The van der Waals surface area contributed by atoms with Crippen molar-refractivity contribution < 1.29 is 8.42 Å². The zero-order valence-electron chi connectivity index (χ0n) is 14.8. The summed E-state index contributed by atoms with van der Waals surface area (Å²) in [6.45, 7) is 3.87. The van der Waals surface area contributed by atoms with E-state index in [9.17, 15) is 8.42 Å². The third-order valence-electron chi connectivity index (χ3n) is 4.04. The van der Waals surface area contributed by atoms with Gasteiger partial charge in [-0.05, 0) is 48.7 Å². The van der Waals surface area contributed by atoms with E-state index in [1.807, 2.05) is 74.5 Å². The fraction of sp³-hybridized carbons (Fsp3) is 0.0909. The molecule has 0 atom stereocenters. The molecule has 3 aromatic rings. The van der Waals surface area contributed by atoms with Crippen LogP contribution < -0.4 is 4.72 Å². The largest absolute Gasteiger partial charge is 0.279 e. The Bertz CT molecular complexity index is 1020. The Hall–Kier alpha value is -2.85. The summed E-state index contributed by atoms with van der Waals surface area (Å²) in [6, 6.07) is 22.5. The topological polar surface area (TPSA) is 46.2 Å². The molecule has 0 radical (unpaired) electrons. The smallest absolute Gasteiger partial charge is 0.261 e. The van der Waals surface area contributed by atoms with Crippen LogP contribution in [0.4, 0.5) is 5.69 Å². The van der Waals surface area contributed by atoms with Crippen LogP contribution in [-0.4, -0.2) is 8.42 Å². The average Bonchev–Trinajstić information content (AvgIpc) is 2.62. The van der Waals surface area contributed by atoms with Crippen LogP contribution in [0.5, 0.6) is 0 Å². The molecule has 0 aromatic heterocycles. The van der Waals surface area contributed by atoms with E-state index in [4.69, 9.17) is 0 Å². The molecule has 0 bridgehead atoms. The highest BCUT2D eigenvalue weighted by molar-refractivity contribution is 7.92. The van der Waals surface area contributed by atoms with E-state index in [2.05, 4.69) is 4.72 Å². The lowest BCUT2D eigenvalue weighted by molar-refractivity contribution is 0.601. The van der Waals surface area contributed by atoms with Crippen molar-refractivity contribution in [2.75, 3.05) is 4.72 Å². The molecule has 0 aliphatic heterocycles. The number of aryl methyl sites for hydroxylation is 2. The average molecular weight is 363 g/mol. The zero-order chi connectivity index (χ0) is 18.6. The maximum Gasteiger partial charge on any atom is 0.261 e. The minimum absolute atomic E-state index is 0.252. The molecule has 3 aromatic carbocycles. The maximum absolute atomic E-state index is 12.7. The molecular weight excluding hydrogens is 342 g/mol. The van der Waals surface area contributed by atoms with Gasteiger partial charge in [-0.1, -0.05) is 72.3 Å². The molecule has 0 amide bonds. The number of nitrogens with one attached hydrogen (secondary N) is 1. The third kappa shape index (κ3) is 4.41. The van der Waals surface area contributed by atoms with E-state index in [0.29, 0.717) is 5.69 Å². The molecule has 3 nitrogen and oxygen atoms in total. The first-order chi connectivity index (χ1) is 12.4. The molecule has 3 rings (SSSR count). The molecule has 0 unspecified atom stereocenters. The zero-order valence-corrected chi connectivity index (χ0v) is 15.6. The van der Waals surface area contributed by atoms with Gasteiger partial charge in [-0.2, -0.15) is 0 Å². The Kier molecular flexibility index (Phi) is 5.24. The van der Waals surface area contributed by atoms with Crippen molar-refractivity contribution >= 4 is 27.9 Å². The summed E-state index contributed by atoms with van der Waals surface area (Å²) in [5.41, 5.74) is 4.45. The standard InChI is InChI=1S/C22H21NO2S/c1-17-9-14-21(15-10-17)26(24,25)23-22-16-18(2)8-12-20(22)13-11-19-6-4-3-5-7-19/h3-16,23H,1-2H3/b13-11+. The first-order valence-electron chi connectivity index (χ1n) is 8.37. The Labute approximate surface area is 155 Å². The van der Waals surface area contributed by atoms with Gasteiger partial charge in [-0.15, -0.1) is 0 Å². The summed E-state index contributed by atoms with van der Waals surface area (Å²) in [5.74, 6) is 0. The first kappa shape index (κ1) is 18.0. The number of hydrogen-bond acceptors (Lipinski definition) is 2. The predicted octanol–water partition coefficient (Wildman–Crippen LogP) is 5.27. The van der Waals surface area contributed by atoms with Gasteiger partial charge in [0.15, 0.2) is 0 Å². The number of hydrogen-bond donors (Lipinski definition) is 1. The number of benzene rings is 3. The molecule has 132 valence electrons. The fourth-order valence-electron chi connectivity index (χ4n) is 2.58. The van der Waals surface area contributed by atoms with Crippen molar-refractivity contribution in [1.82, 2.24) is 0 Å². The lowest BCUT2D eigenvalue weighted by Gasteiger charge is -2.12. The molecule has 1 N–H and O–H groups in total. The van der Waals surface area contributed by atoms with Crippen LogP contribution in [0, 0.1) is 13.8 Å². The Balaban J connectivity index is 1.93. The predicted molar refractivity (Wildman–Crippen MR) is 109 cm³/mol. The van der Waals surface area contributed by atoms with Crippen molar-refractivity contribution in [2.45, 2.75) is 18.7 Å². The Morgan fingerprint density at radius 3 is 2.12 bits per heavy atom. The number of anilines is 1. The summed E-state index contributed by atoms with van der Waals surface area (Å²) in [6.07, 6.45) is 3.89. The minimum atomic E-state index is -3.64. The molecule has 0 fully saturated rings. The first-order valence-corrected chi connectivity index (χ1v) is 9.86. The molecule has 4 heteroatoms. The van der Waals surface area contributed by atoms with E-state index < -0.39 is 10.0 Å². The van der Waals surface area contributed by atoms with Crippen LogP contribution in [0.1, 0.15) is 22.3 Å². The van der Waals surface area contributed by atoms with E-state index in [1.165, 1.54) is 0 Å². The van der Waals surface area contributed by atoms with Crippen LogP contribution in [-0.2, 0) is 10.0 Å². The van der Waals surface area contributed by atoms with Gasteiger partial charge in [-0.25, -0.2) is 8.42 Å².